The molecule has 1 aromatic carbocycles. The summed E-state index contributed by atoms with van der Waals surface area (Å²) >= 11 is 1.96. The fourth-order valence-electron chi connectivity index (χ4n) is 2.90. The van der Waals surface area contributed by atoms with Gasteiger partial charge in [0.1, 0.15) is 5.75 Å². The predicted molar refractivity (Wildman–Crippen MR) is 107 cm³/mol. The van der Waals surface area contributed by atoms with E-state index in [1.54, 1.807) is 6.20 Å². The molecule has 138 valence electrons. The molecular weight excluding hydrogens is 346 g/mol. The van der Waals surface area contributed by atoms with Crippen LogP contribution in [-0.2, 0) is 6.42 Å². The number of nitrogens with zero attached hydrogens (tertiary/aromatic N) is 2. The van der Waals surface area contributed by atoms with Crippen molar-refractivity contribution in [3.63, 3.8) is 0 Å². The first-order valence-electron chi connectivity index (χ1n) is 8.97. The van der Waals surface area contributed by atoms with Crippen LogP contribution in [0.3, 0.4) is 0 Å². The number of hydrogen-bond acceptors (Lipinski definition) is 4. The average molecular weight is 372 g/mol. The summed E-state index contributed by atoms with van der Waals surface area (Å²) in [6, 6.07) is 13.7. The number of nitrogens with one attached hydrogen (secondary N) is 1. The second kappa shape index (κ2) is 9.48. The Hall–Kier alpha value is -2.21. The third-order valence-corrected chi connectivity index (χ3v) is 5.57. The summed E-state index contributed by atoms with van der Waals surface area (Å²) in [5.41, 5.74) is 1.80. The summed E-state index contributed by atoms with van der Waals surface area (Å²) in [5.74, 6) is 3.05. The maximum atomic E-state index is 12.4. The van der Waals surface area contributed by atoms with Gasteiger partial charge in [-0.05, 0) is 60.7 Å². The molecule has 0 radical (unpaired) electrons. The normalized spacial score (nSPS) is 14.7. The van der Waals surface area contributed by atoms with Gasteiger partial charge in [-0.3, -0.25) is 4.98 Å². The van der Waals surface area contributed by atoms with Gasteiger partial charge in [-0.1, -0.05) is 6.07 Å². The largest absolute Gasteiger partial charge is 0.493 e. The maximum Gasteiger partial charge on any atom is 0.321 e. The van der Waals surface area contributed by atoms with Crippen LogP contribution in [0.15, 0.2) is 48.7 Å². The zero-order valence-electron chi connectivity index (χ0n) is 15.1. The summed E-state index contributed by atoms with van der Waals surface area (Å²) < 4.78 is 5.75. The minimum absolute atomic E-state index is 0.0503. The average Bonchev–Trinajstić information content (AvgIpc) is 2.70. The zero-order chi connectivity index (χ0) is 18.2. The first-order chi connectivity index (χ1) is 12.7. The number of anilines is 1. The number of aromatic nitrogens is 1. The SMILES string of the molecule is CN(C(=O)Nc1ccc(OCCc2ccccn2)cc1)C1CCSCC1. The lowest BCUT2D eigenvalue weighted by molar-refractivity contribution is 0.200. The predicted octanol–water partition coefficient (Wildman–Crippen LogP) is 4.06. The molecule has 26 heavy (non-hydrogen) atoms. The smallest absolute Gasteiger partial charge is 0.321 e. The van der Waals surface area contributed by atoms with Crippen LogP contribution in [0.4, 0.5) is 10.5 Å². The summed E-state index contributed by atoms with van der Waals surface area (Å²) in [5, 5.41) is 2.96. The van der Waals surface area contributed by atoms with Crippen molar-refractivity contribution in [1.82, 2.24) is 9.88 Å². The Morgan fingerprint density at radius 2 is 2.00 bits per heavy atom. The van der Waals surface area contributed by atoms with Crippen LogP contribution < -0.4 is 10.1 Å². The van der Waals surface area contributed by atoms with Gasteiger partial charge in [0.2, 0.25) is 0 Å². The van der Waals surface area contributed by atoms with Crippen molar-refractivity contribution in [3.05, 3.63) is 54.4 Å². The van der Waals surface area contributed by atoms with Gasteiger partial charge in [-0.15, -0.1) is 0 Å². The quantitative estimate of drug-likeness (QED) is 0.832. The van der Waals surface area contributed by atoms with E-state index in [1.807, 2.05) is 66.2 Å². The second-order valence-electron chi connectivity index (χ2n) is 6.33. The van der Waals surface area contributed by atoms with Crippen LogP contribution in [0.5, 0.6) is 5.75 Å². The van der Waals surface area contributed by atoms with E-state index in [2.05, 4.69) is 10.3 Å². The van der Waals surface area contributed by atoms with Gasteiger partial charge in [0, 0.05) is 37.1 Å². The van der Waals surface area contributed by atoms with Crippen LogP contribution in [0.2, 0.25) is 0 Å². The highest BCUT2D eigenvalue weighted by Crippen LogP contribution is 2.22. The Labute approximate surface area is 159 Å². The number of amides is 2. The molecule has 1 saturated heterocycles. The molecule has 0 aliphatic carbocycles. The molecule has 5 nitrogen and oxygen atoms in total. The Balaban J connectivity index is 1.45. The molecule has 1 N–H and O–H groups in total. The Morgan fingerprint density at radius 3 is 2.69 bits per heavy atom. The highest BCUT2D eigenvalue weighted by atomic mass is 32.2. The molecule has 1 aliphatic rings. The molecule has 0 saturated carbocycles. The Bertz CT molecular complexity index is 688. The Kier molecular flexibility index (Phi) is 6.77. The minimum Gasteiger partial charge on any atom is -0.493 e. The van der Waals surface area contributed by atoms with E-state index in [9.17, 15) is 4.79 Å². The molecule has 1 fully saturated rings. The molecule has 6 heteroatoms. The van der Waals surface area contributed by atoms with Crippen molar-refractivity contribution >= 4 is 23.5 Å². The lowest BCUT2D eigenvalue weighted by atomic mass is 10.1. The number of urea groups is 1. The first kappa shape index (κ1) is 18.6. The zero-order valence-corrected chi connectivity index (χ0v) is 15.9. The van der Waals surface area contributed by atoms with Gasteiger partial charge >= 0.3 is 6.03 Å². The molecule has 1 aromatic heterocycles. The molecule has 2 amide bonds. The molecule has 0 spiro atoms. The monoisotopic (exact) mass is 371 g/mol. The number of carbonyl (C=O) groups excluding carboxylic acids is 1. The molecular formula is C20H25N3O2S. The van der Waals surface area contributed by atoms with Gasteiger partial charge in [0.25, 0.3) is 0 Å². The van der Waals surface area contributed by atoms with Crippen LogP contribution in [0.1, 0.15) is 18.5 Å². The van der Waals surface area contributed by atoms with Crippen LogP contribution >= 0.6 is 11.8 Å². The van der Waals surface area contributed by atoms with E-state index in [1.165, 1.54) is 0 Å². The molecule has 0 atom stereocenters. The molecule has 2 heterocycles. The van der Waals surface area contributed by atoms with Crippen LogP contribution in [-0.4, -0.2) is 47.1 Å². The van der Waals surface area contributed by atoms with E-state index >= 15 is 0 Å². The highest BCUT2D eigenvalue weighted by molar-refractivity contribution is 7.99. The van der Waals surface area contributed by atoms with E-state index in [-0.39, 0.29) is 6.03 Å². The third kappa shape index (κ3) is 5.39. The summed E-state index contributed by atoms with van der Waals surface area (Å²) in [6.45, 7) is 0.575. The first-order valence-corrected chi connectivity index (χ1v) is 10.1. The minimum atomic E-state index is -0.0503. The van der Waals surface area contributed by atoms with Crippen molar-refractivity contribution in [2.45, 2.75) is 25.3 Å². The Morgan fingerprint density at radius 1 is 1.23 bits per heavy atom. The summed E-state index contributed by atoms with van der Waals surface area (Å²) in [4.78, 5) is 18.5. The van der Waals surface area contributed by atoms with Crippen molar-refractivity contribution in [3.8, 4) is 5.75 Å². The number of thioether (sulfide) groups is 1. The topological polar surface area (TPSA) is 54.5 Å². The number of rotatable bonds is 6. The van der Waals surface area contributed by atoms with Gasteiger partial charge < -0.3 is 15.0 Å². The lowest BCUT2D eigenvalue weighted by Crippen LogP contribution is -2.41. The molecule has 1 aliphatic heterocycles. The van der Waals surface area contributed by atoms with E-state index in [4.69, 9.17) is 4.74 Å². The van der Waals surface area contributed by atoms with Crippen LogP contribution in [0.25, 0.3) is 0 Å². The van der Waals surface area contributed by atoms with Gasteiger partial charge in [-0.2, -0.15) is 11.8 Å². The van der Waals surface area contributed by atoms with Crippen LogP contribution in [0, 0.1) is 0 Å². The fraction of sp³-hybridized carbons (Fsp3) is 0.400. The van der Waals surface area contributed by atoms with Gasteiger partial charge in [0.05, 0.1) is 6.61 Å². The molecule has 0 unspecified atom stereocenters. The standard InChI is InChI=1S/C20H25N3O2S/c1-23(18-10-14-26-15-11-18)20(24)22-17-5-7-19(8-6-17)25-13-9-16-4-2-3-12-21-16/h2-8,12,18H,9-11,13-15H2,1H3,(H,22,24). The van der Waals surface area contributed by atoms with E-state index in [0.717, 1.165) is 47.9 Å². The molecule has 3 rings (SSSR count). The second-order valence-corrected chi connectivity index (χ2v) is 7.55. The number of pyridine rings is 1. The number of carbonyl (C=O) groups is 1. The van der Waals surface area contributed by atoms with Crippen molar-refractivity contribution in [2.24, 2.45) is 0 Å². The maximum absolute atomic E-state index is 12.4. The summed E-state index contributed by atoms with van der Waals surface area (Å²) in [7, 11) is 1.88. The van der Waals surface area contributed by atoms with Crippen molar-refractivity contribution in [2.75, 3.05) is 30.5 Å². The number of benzene rings is 1. The van der Waals surface area contributed by atoms with E-state index in [0.29, 0.717) is 12.6 Å². The number of hydrogen-bond donors (Lipinski definition) is 1. The highest BCUT2D eigenvalue weighted by Gasteiger charge is 2.22. The fourth-order valence-corrected chi connectivity index (χ4v) is 3.99. The summed E-state index contributed by atoms with van der Waals surface area (Å²) in [6.07, 6.45) is 4.69. The lowest BCUT2D eigenvalue weighted by Gasteiger charge is -2.31. The van der Waals surface area contributed by atoms with Gasteiger partial charge in [0.15, 0.2) is 0 Å². The number of ether oxygens (including phenoxy) is 1. The third-order valence-electron chi connectivity index (χ3n) is 4.52. The molecule has 2 aromatic rings. The van der Waals surface area contributed by atoms with Crippen molar-refractivity contribution in [1.29, 1.82) is 0 Å². The van der Waals surface area contributed by atoms with Crippen molar-refractivity contribution < 1.29 is 9.53 Å². The van der Waals surface area contributed by atoms with E-state index < -0.39 is 0 Å². The van der Waals surface area contributed by atoms with Gasteiger partial charge in [-0.25, -0.2) is 4.79 Å². The molecule has 0 bridgehead atoms.